The molecule has 10 heteroatoms. The van der Waals surface area contributed by atoms with Gasteiger partial charge in [-0.1, -0.05) is 13.8 Å². The number of benzene rings is 1. The van der Waals surface area contributed by atoms with Crippen LogP contribution in [0.15, 0.2) is 23.4 Å². The van der Waals surface area contributed by atoms with E-state index in [9.17, 15) is 19.7 Å². The van der Waals surface area contributed by atoms with E-state index in [1.54, 1.807) is 33.8 Å². The molecule has 1 aromatic rings. The van der Waals surface area contributed by atoms with Crippen molar-refractivity contribution in [3.63, 3.8) is 0 Å². The van der Waals surface area contributed by atoms with Crippen molar-refractivity contribution in [2.45, 2.75) is 59.6 Å². The Morgan fingerprint density at radius 3 is 2.48 bits per heavy atom. The third-order valence-corrected chi connectivity index (χ3v) is 4.41. The maximum atomic E-state index is 12.8. The lowest BCUT2D eigenvalue weighted by Crippen LogP contribution is -2.46. The van der Waals surface area contributed by atoms with Crippen molar-refractivity contribution in [3.8, 4) is 11.5 Å². The van der Waals surface area contributed by atoms with Crippen molar-refractivity contribution in [3.05, 3.63) is 39.1 Å². The van der Waals surface area contributed by atoms with Crippen LogP contribution in [0.1, 0.15) is 59.1 Å². The smallest absolute Gasteiger partial charge is 0.338 e. The molecule has 1 aliphatic heterocycles. The molecule has 0 radical (unpaired) electrons. The first-order valence-corrected chi connectivity index (χ1v) is 10.3. The number of hydrogen-bond donors (Lipinski definition) is 2. The molecule has 1 aliphatic rings. The van der Waals surface area contributed by atoms with Crippen LogP contribution in [0.4, 0.5) is 10.5 Å². The fraction of sp³-hybridized carbons (Fsp3) is 0.524. The Morgan fingerprint density at radius 2 is 1.94 bits per heavy atom. The van der Waals surface area contributed by atoms with Crippen LogP contribution < -0.4 is 20.1 Å². The second-order valence-electron chi connectivity index (χ2n) is 7.14. The van der Waals surface area contributed by atoms with Gasteiger partial charge in [0.2, 0.25) is 5.75 Å². The minimum atomic E-state index is -0.951. The molecule has 31 heavy (non-hydrogen) atoms. The van der Waals surface area contributed by atoms with Crippen LogP contribution in [0.5, 0.6) is 11.5 Å². The van der Waals surface area contributed by atoms with Gasteiger partial charge >= 0.3 is 17.7 Å². The van der Waals surface area contributed by atoms with E-state index in [1.165, 1.54) is 6.07 Å². The highest BCUT2D eigenvalue weighted by atomic mass is 16.6. The topological polar surface area (TPSA) is 129 Å². The number of carbonyl (C=O) groups is 2. The fourth-order valence-corrected chi connectivity index (χ4v) is 3.19. The summed E-state index contributed by atoms with van der Waals surface area (Å²) < 4.78 is 16.6. The zero-order valence-corrected chi connectivity index (χ0v) is 18.4. The van der Waals surface area contributed by atoms with Crippen molar-refractivity contribution in [2.75, 3.05) is 13.2 Å². The van der Waals surface area contributed by atoms with Gasteiger partial charge in [-0.15, -0.1) is 0 Å². The Hall–Kier alpha value is -3.30. The minimum absolute atomic E-state index is 0.0173. The first kappa shape index (κ1) is 24.0. The highest BCUT2D eigenvalue weighted by Crippen LogP contribution is 2.42. The molecule has 0 aliphatic carbocycles. The lowest BCUT2D eigenvalue weighted by atomic mass is 9.93. The zero-order chi connectivity index (χ0) is 23.1. The number of ether oxygens (including phenoxy) is 3. The van der Waals surface area contributed by atoms with Crippen molar-refractivity contribution in [2.24, 2.45) is 0 Å². The summed E-state index contributed by atoms with van der Waals surface area (Å²) in [5.74, 6) is -0.428. The van der Waals surface area contributed by atoms with Gasteiger partial charge in [-0.05, 0) is 45.2 Å². The van der Waals surface area contributed by atoms with Crippen molar-refractivity contribution in [1.82, 2.24) is 10.6 Å². The molecule has 0 bridgehead atoms. The zero-order valence-electron chi connectivity index (χ0n) is 18.4. The Labute approximate surface area is 181 Å². The number of nitrogens with zero attached hydrogens (tertiary/aromatic N) is 1. The van der Waals surface area contributed by atoms with Gasteiger partial charge in [-0.3, -0.25) is 10.1 Å². The van der Waals surface area contributed by atoms with E-state index < -0.39 is 23.0 Å². The van der Waals surface area contributed by atoms with Crippen LogP contribution in [0, 0.1) is 10.1 Å². The van der Waals surface area contributed by atoms with E-state index in [-0.39, 0.29) is 42.1 Å². The number of nitro groups is 1. The average molecular weight is 435 g/mol. The number of rotatable bonds is 10. The lowest BCUT2D eigenvalue weighted by molar-refractivity contribution is -0.386. The molecule has 0 fully saturated rings. The number of urea groups is 1. The molecule has 0 spiro atoms. The monoisotopic (exact) mass is 435 g/mol. The number of allylic oxidation sites excluding steroid dienone is 1. The molecular weight excluding hydrogens is 406 g/mol. The first-order valence-electron chi connectivity index (χ1n) is 10.3. The highest BCUT2D eigenvalue weighted by Gasteiger charge is 2.36. The van der Waals surface area contributed by atoms with Gasteiger partial charge in [-0.2, -0.15) is 0 Å². The Balaban J connectivity index is 2.68. The summed E-state index contributed by atoms with van der Waals surface area (Å²) in [5, 5.41) is 17.1. The quantitative estimate of drug-likeness (QED) is 0.325. The van der Waals surface area contributed by atoms with Gasteiger partial charge in [0.15, 0.2) is 5.75 Å². The SMILES string of the molecule is CCCOc1c(OCC)cc(C2NC(=O)NC(CC)=C2C(=O)OC(C)C)cc1[N+](=O)[O-]. The molecule has 0 saturated carbocycles. The fourth-order valence-electron chi connectivity index (χ4n) is 3.19. The van der Waals surface area contributed by atoms with Crippen LogP contribution in [0.3, 0.4) is 0 Å². The van der Waals surface area contributed by atoms with Crippen LogP contribution in [0.2, 0.25) is 0 Å². The van der Waals surface area contributed by atoms with E-state index in [1.807, 2.05) is 6.92 Å². The largest absolute Gasteiger partial charge is 0.490 e. The van der Waals surface area contributed by atoms with Crippen molar-refractivity contribution in [1.29, 1.82) is 0 Å². The number of carbonyl (C=O) groups excluding carboxylic acids is 2. The van der Waals surface area contributed by atoms with Crippen LogP contribution >= 0.6 is 0 Å². The standard InChI is InChI=1S/C21H29N3O7/c1-6-9-30-19-15(24(27)28)10-13(11-16(19)29-8-3)18-17(20(25)31-12(4)5)14(7-2)22-21(26)23-18/h10-12,18H,6-9H2,1-5H3,(H2,22,23,26). The van der Waals surface area contributed by atoms with E-state index in [4.69, 9.17) is 14.2 Å². The van der Waals surface area contributed by atoms with Gasteiger partial charge in [0.25, 0.3) is 0 Å². The highest BCUT2D eigenvalue weighted by molar-refractivity contribution is 5.95. The van der Waals surface area contributed by atoms with Gasteiger partial charge < -0.3 is 24.8 Å². The molecule has 170 valence electrons. The molecule has 1 aromatic carbocycles. The van der Waals surface area contributed by atoms with E-state index in [2.05, 4.69) is 10.6 Å². The van der Waals surface area contributed by atoms with Gasteiger partial charge in [-0.25, -0.2) is 9.59 Å². The van der Waals surface area contributed by atoms with Gasteiger partial charge in [0.05, 0.1) is 35.9 Å². The van der Waals surface area contributed by atoms with Gasteiger partial charge in [0.1, 0.15) is 0 Å². The normalized spacial score (nSPS) is 15.9. The third-order valence-electron chi connectivity index (χ3n) is 4.41. The van der Waals surface area contributed by atoms with Gasteiger partial charge in [0, 0.05) is 11.8 Å². The molecule has 1 unspecified atom stereocenters. The van der Waals surface area contributed by atoms with E-state index in [0.717, 1.165) is 0 Å². The molecular formula is C21H29N3O7. The lowest BCUT2D eigenvalue weighted by Gasteiger charge is -2.30. The summed E-state index contributed by atoms with van der Waals surface area (Å²) in [6, 6.07) is 1.37. The molecule has 1 heterocycles. The average Bonchev–Trinajstić information content (AvgIpc) is 2.71. The predicted octanol–water partition coefficient (Wildman–Crippen LogP) is 3.75. The number of nitrogens with one attached hydrogen (secondary N) is 2. The maximum Gasteiger partial charge on any atom is 0.338 e. The second-order valence-corrected chi connectivity index (χ2v) is 7.14. The van der Waals surface area contributed by atoms with E-state index in [0.29, 0.717) is 24.1 Å². The maximum absolute atomic E-state index is 12.8. The molecule has 2 N–H and O–H groups in total. The van der Waals surface area contributed by atoms with Crippen molar-refractivity contribution < 1.29 is 28.7 Å². The Bertz CT molecular complexity index is 880. The predicted molar refractivity (Wildman–Crippen MR) is 113 cm³/mol. The van der Waals surface area contributed by atoms with Crippen LogP contribution in [-0.2, 0) is 9.53 Å². The van der Waals surface area contributed by atoms with Crippen LogP contribution in [0.25, 0.3) is 0 Å². The third kappa shape index (κ3) is 5.65. The van der Waals surface area contributed by atoms with Crippen molar-refractivity contribution >= 4 is 17.7 Å². The summed E-state index contributed by atoms with van der Waals surface area (Å²) in [6.07, 6.45) is 0.641. The Morgan fingerprint density at radius 1 is 1.23 bits per heavy atom. The summed E-state index contributed by atoms with van der Waals surface area (Å²) >= 11 is 0. The summed E-state index contributed by atoms with van der Waals surface area (Å²) in [4.78, 5) is 36.3. The summed E-state index contributed by atoms with van der Waals surface area (Å²) in [5.41, 5.74) is 0.591. The number of nitro benzene ring substituents is 1. The van der Waals surface area contributed by atoms with Crippen LogP contribution in [-0.4, -0.2) is 36.2 Å². The number of hydrogen-bond acceptors (Lipinski definition) is 7. The summed E-state index contributed by atoms with van der Waals surface area (Å²) in [7, 11) is 0. The molecule has 1 atom stereocenters. The Kier molecular flexibility index (Phi) is 8.23. The second kappa shape index (κ2) is 10.6. The number of esters is 1. The molecule has 0 saturated heterocycles. The minimum Gasteiger partial charge on any atom is -0.490 e. The molecule has 2 amide bonds. The molecule has 0 aromatic heterocycles. The van der Waals surface area contributed by atoms with E-state index >= 15 is 0 Å². The first-order chi connectivity index (χ1) is 14.7. The molecule has 2 rings (SSSR count). The summed E-state index contributed by atoms with van der Waals surface area (Å²) in [6.45, 7) is 9.37. The molecule has 10 nitrogen and oxygen atoms in total. The number of amides is 2.